The van der Waals surface area contributed by atoms with Crippen LogP contribution in [-0.2, 0) is 6.42 Å². The van der Waals surface area contributed by atoms with Crippen molar-refractivity contribution in [3.8, 4) is 0 Å². The highest BCUT2D eigenvalue weighted by Gasteiger charge is 1.85. The van der Waals surface area contributed by atoms with Crippen molar-refractivity contribution < 1.29 is 0 Å². The summed E-state index contributed by atoms with van der Waals surface area (Å²) in [6.45, 7) is 2.25. The fourth-order valence-corrected chi connectivity index (χ4v) is 1.89. The minimum atomic E-state index is 1.06. The molecule has 1 aromatic rings. The molecule has 0 radical (unpaired) electrons. The third-order valence-corrected chi connectivity index (χ3v) is 3.00. The predicted octanol–water partition coefficient (Wildman–Crippen LogP) is 5.70. The first kappa shape index (κ1) is 14.8. The Morgan fingerprint density at radius 3 is 2.17 bits per heavy atom. The average Bonchev–Trinajstić information content (AvgIpc) is 2.42. The highest BCUT2D eigenvalue weighted by atomic mass is 13.9. The summed E-state index contributed by atoms with van der Waals surface area (Å²) < 4.78 is 0. The Balaban J connectivity index is 2.00. The second kappa shape index (κ2) is 10.8. The zero-order chi connectivity index (χ0) is 12.9. The zero-order valence-corrected chi connectivity index (χ0v) is 11.6. The maximum absolute atomic E-state index is 2.33. The van der Waals surface area contributed by atoms with E-state index >= 15 is 0 Å². The number of allylic oxidation sites excluding steroid dienone is 4. The monoisotopic (exact) mass is 242 g/mol. The molecular weight excluding hydrogens is 216 g/mol. The summed E-state index contributed by atoms with van der Waals surface area (Å²) in [5, 5.41) is 0. The van der Waals surface area contributed by atoms with Gasteiger partial charge in [-0.05, 0) is 37.7 Å². The molecule has 1 aromatic carbocycles. The molecule has 0 spiro atoms. The predicted molar refractivity (Wildman–Crippen MR) is 81.8 cm³/mol. The van der Waals surface area contributed by atoms with E-state index < -0.39 is 0 Å². The van der Waals surface area contributed by atoms with Crippen molar-refractivity contribution >= 4 is 0 Å². The Hall–Kier alpha value is -1.30. The first-order valence-corrected chi connectivity index (χ1v) is 7.27. The van der Waals surface area contributed by atoms with Gasteiger partial charge in [-0.25, -0.2) is 0 Å². The van der Waals surface area contributed by atoms with Crippen molar-refractivity contribution in [1.82, 2.24) is 0 Å². The molecule has 0 saturated carbocycles. The van der Waals surface area contributed by atoms with Crippen LogP contribution < -0.4 is 0 Å². The fraction of sp³-hybridized carbons (Fsp3) is 0.444. The number of benzene rings is 1. The van der Waals surface area contributed by atoms with Crippen LogP contribution in [-0.4, -0.2) is 0 Å². The van der Waals surface area contributed by atoms with Gasteiger partial charge in [0, 0.05) is 0 Å². The molecule has 18 heavy (non-hydrogen) atoms. The molecule has 0 aliphatic rings. The summed E-state index contributed by atoms with van der Waals surface area (Å²) in [5.74, 6) is 0. The third-order valence-electron chi connectivity index (χ3n) is 3.00. The second-order valence-corrected chi connectivity index (χ2v) is 4.71. The van der Waals surface area contributed by atoms with Crippen LogP contribution in [0.5, 0.6) is 0 Å². The Bertz CT molecular complexity index is 332. The number of hydrogen-bond acceptors (Lipinski definition) is 0. The van der Waals surface area contributed by atoms with Crippen molar-refractivity contribution in [1.29, 1.82) is 0 Å². The van der Waals surface area contributed by atoms with Crippen LogP contribution in [0.3, 0.4) is 0 Å². The van der Waals surface area contributed by atoms with Crippen LogP contribution in [0, 0.1) is 0 Å². The number of rotatable bonds is 9. The molecule has 0 N–H and O–H groups in total. The van der Waals surface area contributed by atoms with Crippen LogP contribution >= 0.6 is 0 Å². The van der Waals surface area contributed by atoms with Gasteiger partial charge in [-0.15, -0.1) is 0 Å². The Morgan fingerprint density at radius 2 is 1.44 bits per heavy atom. The van der Waals surface area contributed by atoms with Crippen molar-refractivity contribution in [3.05, 3.63) is 60.2 Å². The maximum atomic E-state index is 2.33. The van der Waals surface area contributed by atoms with Gasteiger partial charge in [-0.1, -0.05) is 74.4 Å². The first-order chi connectivity index (χ1) is 8.93. The van der Waals surface area contributed by atoms with E-state index in [1.165, 1.54) is 37.7 Å². The zero-order valence-electron chi connectivity index (χ0n) is 11.6. The number of unbranched alkanes of at least 4 members (excludes halogenated alkanes) is 4. The van der Waals surface area contributed by atoms with E-state index in [0.29, 0.717) is 0 Å². The molecule has 0 heteroatoms. The van der Waals surface area contributed by atoms with Crippen molar-refractivity contribution in [2.45, 2.75) is 51.9 Å². The molecule has 0 nitrogen and oxygen atoms in total. The van der Waals surface area contributed by atoms with Crippen LogP contribution in [0.15, 0.2) is 54.6 Å². The highest BCUT2D eigenvalue weighted by molar-refractivity contribution is 5.17. The van der Waals surface area contributed by atoms with Gasteiger partial charge in [0.15, 0.2) is 0 Å². The third kappa shape index (κ3) is 7.89. The summed E-state index contributed by atoms with van der Waals surface area (Å²) in [4.78, 5) is 0. The summed E-state index contributed by atoms with van der Waals surface area (Å²) in [6.07, 6.45) is 17.9. The lowest BCUT2D eigenvalue weighted by atomic mass is 10.1. The smallest absolute Gasteiger partial charge is 0.00975 e. The molecule has 0 bridgehead atoms. The molecule has 0 amide bonds. The molecule has 0 unspecified atom stereocenters. The number of hydrogen-bond donors (Lipinski definition) is 0. The maximum Gasteiger partial charge on any atom is -0.00975 e. The minimum absolute atomic E-state index is 1.06. The molecule has 0 saturated heterocycles. The Kier molecular flexibility index (Phi) is 8.88. The van der Waals surface area contributed by atoms with Gasteiger partial charge in [-0.3, -0.25) is 0 Å². The second-order valence-electron chi connectivity index (χ2n) is 4.71. The minimum Gasteiger partial charge on any atom is -0.0885 e. The van der Waals surface area contributed by atoms with E-state index in [9.17, 15) is 0 Å². The molecule has 0 aliphatic carbocycles. The SMILES string of the molecule is CCCCC/C=C/CCC=CCc1ccccc1. The van der Waals surface area contributed by atoms with E-state index in [4.69, 9.17) is 0 Å². The van der Waals surface area contributed by atoms with Crippen molar-refractivity contribution in [2.24, 2.45) is 0 Å². The van der Waals surface area contributed by atoms with Gasteiger partial charge in [0.1, 0.15) is 0 Å². The van der Waals surface area contributed by atoms with E-state index in [-0.39, 0.29) is 0 Å². The van der Waals surface area contributed by atoms with Gasteiger partial charge in [0.05, 0.1) is 0 Å². The normalized spacial score (nSPS) is 11.6. The molecule has 0 aromatic heterocycles. The largest absolute Gasteiger partial charge is 0.0885 e. The summed E-state index contributed by atoms with van der Waals surface area (Å²) in [5.41, 5.74) is 1.39. The van der Waals surface area contributed by atoms with E-state index in [2.05, 4.69) is 61.6 Å². The van der Waals surface area contributed by atoms with Crippen molar-refractivity contribution in [2.75, 3.05) is 0 Å². The molecule has 0 fully saturated rings. The van der Waals surface area contributed by atoms with E-state index in [0.717, 1.165) is 12.8 Å². The van der Waals surface area contributed by atoms with Gasteiger partial charge < -0.3 is 0 Å². The van der Waals surface area contributed by atoms with Crippen LogP contribution in [0.4, 0.5) is 0 Å². The summed E-state index contributed by atoms with van der Waals surface area (Å²) >= 11 is 0. The molecule has 1 rings (SSSR count). The molecule has 98 valence electrons. The van der Waals surface area contributed by atoms with E-state index in [1.54, 1.807) is 0 Å². The van der Waals surface area contributed by atoms with Gasteiger partial charge >= 0.3 is 0 Å². The molecule has 0 heterocycles. The van der Waals surface area contributed by atoms with Gasteiger partial charge in [-0.2, -0.15) is 0 Å². The van der Waals surface area contributed by atoms with Gasteiger partial charge in [0.2, 0.25) is 0 Å². The topological polar surface area (TPSA) is 0 Å². The van der Waals surface area contributed by atoms with Crippen LogP contribution in [0.25, 0.3) is 0 Å². The highest BCUT2D eigenvalue weighted by Crippen LogP contribution is 2.03. The molecule has 0 aliphatic heterocycles. The van der Waals surface area contributed by atoms with E-state index in [1.807, 2.05) is 0 Å². The lowest BCUT2D eigenvalue weighted by Gasteiger charge is -1.94. The lowest BCUT2D eigenvalue weighted by molar-refractivity contribution is 0.728. The van der Waals surface area contributed by atoms with Crippen LogP contribution in [0.1, 0.15) is 51.0 Å². The lowest BCUT2D eigenvalue weighted by Crippen LogP contribution is -1.78. The fourth-order valence-electron chi connectivity index (χ4n) is 1.89. The molecular formula is C18H26. The van der Waals surface area contributed by atoms with Crippen LogP contribution in [0.2, 0.25) is 0 Å². The first-order valence-electron chi connectivity index (χ1n) is 7.27. The standard InChI is InChI=1S/C18H26/c1-2-3-4-5-6-7-8-9-10-12-15-18-16-13-11-14-17-18/h6-7,10-14,16-17H,2-5,8-9,15H2,1H3/b7-6+,12-10?. The Morgan fingerprint density at radius 1 is 0.778 bits per heavy atom. The molecule has 0 atom stereocenters. The van der Waals surface area contributed by atoms with Crippen molar-refractivity contribution in [3.63, 3.8) is 0 Å². The Labute approximate surface area is 112 Å². The average molecular weight is 242 g/mol. The quantitative estimate of drug-likeness (QED) is 0.385. The summed E-state index contributed by atoms with van der Waals surface area (Å²) in [6, 6.07) is 10.6. The summed E-state index contributed by atoms with van der Waals surface area (Å²) in [7, 11) is 0. The van der Waals surface area contributed by atoms with Gasteiger partial charge in [0.25, 0.3) is 0 Å².